The molecule has 2 aromatic rings. The van der Waals surface area contributed by atoms with Gasteiger partial charge in [-0.3, -0.25) is 9.48 Å². The van der Waals surface area contributed by atoms with Crippen LogP contribution in [0.4, 0.5) is 0 Å². The highest BCUT2D eigenvalue weighted by molar-refractivity contribution is 6.88. The zero-order valence-corrected chi connectivity index (χ0v) is 20.5. The van der Waals surface area contributed by atoms with Crippen LogP contribution in [-0.4, -0.2) is 30.2 Å². The Bertz CT molecular complexity index is 981. The van der Waals surface area contributed by atoms with E-state index in [1.54, 1.807) is 4.68 Å². The summed E-state index contributed by atoms with van der Waals surface area (Å²) in [5.41, 5.74) is 2.22. The number of benzene rings is 1. The fourth-order valence-electron chi connectivity index (χ4n) is 2.98. The van der Waals surface area contributed by atoms with Crippen molar-refractivity contribution in [2.75, 3.05) is 6.61 Å². The normalized spacial score (nSPS) is 12.9. The standard InChI is InChI=1S/C24H33N3O2Si/c1-9-27-21(14-17(2)26-27)23(29-16-22(28)24(3,4)5)20(15-25)18-10-12-19(13-11-18)30(6,7)8/h10-14H,9,16H2,1-8H3/b23-20-. The summed E-state index contributed by atoms with van der Waals surface area (Å²) < 4.78 is 7.84. The van der Waals surface area contributed by atoms with Gasteiger partial charge < -0.3 is 4.74 Å². The third kappa shape index (κ3) is 5.48. The van der Waals surface area contributed by atoms with Gasteiger partial charge in [-0.1, -0.05) is 69.9 Å². The Balaban J connectivity index is 2.60. The van der Waals surface area contributed by atoms with E-state index in [-0.39, 0.29) is 12.4 Å². The van der Waals surface area contributed by atoms with Gasteiger partial charge in [-0.05, 0) is 25.5 Å². The van der Waals surface area contributed by atoms with Crippen LogP contribution in [0.25, 0.3) is 11.3 Å². The zero-order valence-electron chi connectivity index (χ0n) is 19.5. The monoisotopic (exact) mass is 423 g/mol. The smallest absolute Gasteiger partial charge is 0.175 e. The molecule has 0 bridgehead atoms. The summed E-state index contributed by atoms with van der Waals surface area (Å²) in [6.07, 6.45) is 0. The lowest BCUT2D eigenvalue weighted by Crippen LogP contribution is -2.37. The van der Waals surface area contributed by atoms with Gasteiger partial charge in [-0.2, -0.15) is 10.4 Å². The second-order valence-corrected chi connectivity index (χ2v) is 14.7. The van der Waals surface area contributed by atoms with Gasteiger partial charge in [0.25, 0.3) is 0 Å². The summed E-state index contributed by atoms with van der Waals surface area (Å²) in [6, 6.07) is 12.3. The number of ether oxygens (including phenoxy) is 1. The molecule has 5 nitrogen and oxygen atoms in total. The van der Waals surface area contributed by atoms with Crippen LogP contribution in [0.15, 0.2) is 30.3 Å². The van der Waals surface area contributed by atoms with E-state index in [0.717, 1.165) is 11.3 Å². The van der Waals surface area contributed by atoms with Crippen LogP contribution in [0.3, 0.4) is 0 Å². The Morgan fingerprint density at radius 1 is 1.20 bits per heavy atom. The fourth-order valence-corrected chi connectivity index (χ4v) is 4.15. The second-order valence-electron chi connectivity index (χ2n) is 9.59. The van der Waals surface area contributed by atoms with E-state index in [0.29, 0.717) is 23.6 Å². The molecule has 0 fully saturated rings. The maximum absolute atomic E-state index is 12.5. The zero-order chi connectivity index (χ0) is 22.7. The summed E-state index contributed by atoms with van der Waals surface area (Å²) in [6.45, 7) is 16.9. The minimum atomic E-state index is -1.44. The third-order valence-corrected chi connectivity index (χ3v) is 7.06. The number of aryl methyl sites for hydroxylation is 2. The Hall–Kier alpha value is -2.65. The van der Waals surface area contributed by atoms with Crippen molar-refractivity contribution in [3.8, 4) is 6.07 Å². The van der Waals surface area contributed by atoms with E-state index >= 15 is 0 Å². The number of hydrogen-bond donors (Lipinski definition) is 0. The number of carbonyl (C=O) groups excluding carboxylic acids is 1. The average Bonchev–Trinajstić information content (AvgIpc) is 3.04. The molecule has 0 atom stereocenters. The highest BCUT2D eigenvalue weighted by Gasteiger charge is 2.25. The van der Waals surface area contributed by atoms with Crippen molar-refractivity contribution in [2.24, 2.45) is 5.41 Å². The number of aromatic nitrogens is 2. The summed E-state index contributed by atoms with van der Waals surface area (Å²) in [5.74, 6) is 0.379. The van der Waals surface area contributed by atoms with Crippen molar-refractivity contribution in [1.82, 2.24) is 9.78 Å². The molecule has 1 heterocycles. The molecule has 0 aliphatic heterocycles. The summed E-state index contributed by atoms with van der Waals surface area (Å²) in [4.78, 5) is 12.5. The number of nitrogens with zero attached hydrogens (tertiary/aromatic N) is 3. The molecule has 0 aliphatic carbocycles. The Morgan fingerprint density at radius 2 is 1.80 bits per heavy atom. The molecule has 0 aliphatic rings. The molecule has 0 N–H and O–H groups in total. The van der Waals surface area contributed by atoms with E-state index in [1.165, 1.54) is 5.19 Å². The number of ketones is 1. The molecule has 2 rings (SSSR count). The van der Waals surface area contributed by atoms with Gasteiger partial charge in [0, 0.05) is 12.0 Å². The fraction of sp³-hybridized carbons (Fsp3) is 0.458. The SMILES string of the molecule is CCn1nc(C)cc1/C(OCC(=O)C(C)(C)C)=C(\C#N)c1ccc([Si](C)(C)C)cc1. The van der Waals surface area contributed by atoms with Gasteiger partial charge in [-0.15, -0.1) is 0 Å². The molecule has 0 unspecified atom stereocenters. The molecule has 30 heavy (non-hydrogen) atoms. The van der Waals surface area contributed by atoms with Crippen LogP contribution < -0.4 is 5.19 Å². The molecular formula is C24H33N3O2Si. The topological polar surface area (TPSA) is 67.9 Å². The van der Waals surface area contributed by atoms with Crippen molar-refractivity contribution < 1.29 is 9.53 Å². The number of hydrogen-bond acceptors (Lipinski definition) is 4. The van der Waals surface area contributed by atoms with Gasteiger partial charge >= 0.3 is 0 Å². The minimum absolute atomic E-state index is 0.0225. The first-order valence-corrected chi connectivity index (χ1v) is 13.8. The Labute approximate surface area is 181 Å². The molecular weight excluding hydrogens is 390 g/mol. The van der Waals surface area contributed by atoms with Gasteiger partial charge in [-0.25, -0.2) is 0 Å². The highest BCUT2D eigenvalue weighted by Crippen LogP contribution is 2.29. The molecule has 160 valence electrons. The predicted molar refractivity (Wildman–Crippen MR) is 125 cm³/mol. The third-order valence-electron chi connectivity index (χ3n) is 5.00. The lowest BCUT2D eigenvalue weighted by molar-refractivity contribution is -0.128. The van der Waals surface area contributed by atoms with Gasteiger partial charge in [0.15, 0.2) is 11.5 Å². The Kier molecular flexibility index (Phi) is 7.09. The molecule has 1 aromatic carbocycles. The van der Waals surface area contributed by atoms with Crippen molar-refractivity contribution in [3.05, 3.63) is 47.3 Å². The van der Waals surface area contributed by atoms with E-state index in [9.17, 15) is 10.1 Å². The van der Waals surface area contributed by atoms with Crippen LogP contribution in [0, 0.1) is 23.7 Å². The summed E-state index contributed by atoms with van der Waals surface area (Å²) in [5, 5.41) is 15.9. The quantitative estimate of drug-likeness (QED) is 0.365. The maximum Gasteiger partial charge on any atom is 0.175 e. The average molecular weight is 424 g/mol. The lowest BCUT2D eigenvalue weighted by atomic mass is 9.91. The van der Waals surface area contributed by atoms with E-state index in [4.69, 9.17) is 4.74 Å². The Morgan fingerprint density at radius 3 is 2.27 bits per heavy atom. The molecule has 0 spiro atoms. The second kappa shape index (κ2) is 9.01. The summed E-state index contributed by atoms with van der Waals surface area (Å²) in [7, 11) is -1.44. The minimum Gasteiger partial charge on any atom is -0.482 e. The molecule has 0 radical (unpaired) electrons. The molecule has 0 saturated heterocycles. The highest BCUT2D eigenvalue weighted by atomic mass is 28.3. The van der Waals surface area contributed by atoms with Crippen molar-refractivity contribution in [1.29, 1.82) is 5.26 Å². The summed E-state index contributed by atoms with van der Waals surface area (Å²) >= 11 is 0. The van der Waals surface area contributed by atoms with Gasteiger partial charge in [0.1, 0.15) is 23.9 Å². The van der Waals surface area contributed by atoms with E-state index in [2.05, 4.69) is 42.9 Å². The number of rotatable bonds is 7. The van der Waals surface area contributed by atoms with E-state index < -0.39 is 13.5 Å². The predicted octanol–water partition coefficient (Wildman–Crippen LogP) is 4.78. The van der Waals surface area contributed by atoms with E-state index in [1.807, 2.05) is 52.8 Å². The first kappa shape index (κ1) is 23.6. The van der Waals surface area contributed by atoms with Crippen LogP contribution in [0.1, 0.15) is 44.6 Å². The first-order chi connectivity index (χ1) is 13.9. The lowest BCUT2D eigenvalue weighted by Gasteiger charge is -2.20. The molecule has 6 heteroatoms. The van der Waals surface area contributed by atoms with Crippen LogP contribution >= 0.6 is 0 Å². The molecule has 1 aromatic heterocycles. The first-order valence-electron chi connectivity index (χ1n) is 10.3. The maximum atomic E-state index is 12.5. The molecule has 0 saturated carbocycles. The molecule has 0 amide bonds. The van der Waals surface area contributed by atoms with Crippen LogP contribution in [-0.2, 0) is 16.1 Å². The van der Waals surface area contributed by atoms with Crippen LogP contribution in [0.2, 0.25) is 19.6 Å². The number of nitriles is 1. The van der Waals surface area contributed by atoms with Crippen molar-refractivity contribution >= 4 is 30.4 Å². The van der Waals surface area contributed by atoms with Crippen molar-refractivity contribution in [2.45, 2.75) is 60.8 Å². The van der Waals surface area contributed by atoms with Gasteiger partial charge in [0.05, 0.1) is 13.8 Å². The van der Waals surface area contributed by atoms with Crippen molar-refractivity contribution in [3.63, 3.8) is 0 Å². The largest absolute Gasteiger partial charge is 0.482 e. The number of carbonyl (C=O) groups is 1. The van der Waals surface area contributed by atoms with Crippen LogP contribution in [0.5, 0.6) is 0 Å². The van der Waals surface area contributed by atoms with Gasteiger partial charge in [0.2, 0.25) is 0 Å². The number of Topliss-reactive ketones (excluding diaryl/α,β-unsaturated/α-hetero) is 1. The number of allylic oxidation sites excluding steroid dienone is 1.